The highest BCUT2D eigenvalue weighted by Crippen LogP contribution is 2.34. The standard InChI is InChI=1S/C19H19N3O4S3/c1-2-22(29(25,26)17-7-4-8-27-17)15-6-3-5-12-9-14(21-18(12)15)19-20-11-13(28-19)10-16(23)24/h3-9,13,21H,2,10-11H2,1H3,(H,23,24). The average molecular weight is 450 g/mol. The molecule has 1 atom stereocenters. The molecule has 1 aromatic carbocycles. The van der Waals surface area contributed by atoms with Crippen molar-refractivity contribution in [2.75, 3.05) is 17.4 Å². The normalized spacial score (nSPS) is 16.9. The van der Waals surface area contributed by atoms with Crippen LogP contribution in [0.4, 0.5) is 5.69 Å². The second kappa shape index (κ2) is 7.85. The zero-order chi connectivity index (χ0) is 20.6. The Bertz CT molecular complexity index is 1180. The second-order valence-electron chi connectivity index (χ2n) is 6.51. The van der Waals surface area contributed by atoms with Crippen LogP contribution >= 0.6 is 23.1 Å². The number of hydrogen-bond acceptors (Lipinski definition) is 6. The summed E-state index contributed by atoms with van der Waals surface area (Å²) in [5, 5.41) is 12.3. The number of carbonyl (C=O) groups is 1. The first kappa shape index (κ1) is 20.0. The number of aliphatic imine (C=N–C) groups is 1. The number of aromatic nitrogens is 1. The summed E-state index contributed by atoms with van der Waals surface area (Å²) in [6, 6.07) is 10.8. The lowest BCUT2D eigenvalue weighted by molar-refractivity contribution is -0.136. The summed E-state index contributed by atoms with van der Waals surface area (Å²) in [7, 11) is -3.65. The van der Waals surface area contributed by atoms with Crippen LogP contribution in [0.2, 0.25) is 0 Å². The molecule has 7 nitrogen and oxygen atoms in total. The lowest BCUT2D eigenvalue weighted by Crippen LogP contribution is -2.30. The van der Waals surface area contributed by atoms with Gasteiger partial charge in [0.2, 0.25) is 0 Å². The average Bonchev–Trinajstić information content (AvgIpc) is 3.42. The number of thioether (sulfide) groups is 1. The van der Waals surface area contributed by atoms with Crippen molar-refractivity contribution >= 4 is 60.7 Å². The van der Waals surface area contributed by atoms with Crippen LogP contribution in [0.25, 0.3) is 10.9 Å². The quantitative estimate of drug-likeness (QED) is 0.571. The molecular weight excluding hydrogens is 430 g/mol. The number of sulfonamides is 1. The molecule has 1 unspecified atom stereocenters. The minimum atomic E-state index is -3.65. The van der Waals surface area contributed by atoms with Gasteiger partial charge in [-0.25, -0.2) is 8.42 Å². The second-order valence-corrected chi connectivity index (χ2v) is 10.8. The Morgan fingerprint density at radius 2 is 2.17 bits per heavy atom. The maximum absolute atomic E-state index is 13.1. The van der Waals surface area contributed by atoms with Gasteiger partial charge in [-0.2, -0.15) is 0 Å². The molecule has 0 spiro atoms. The molecule has 0 saturated carbocycles. The van der Waals surface area contributed by atoms with Gasteiger partial charge in [-0.15, -0.1) is 11.3 Å². The van der Waals surface area contributed by atoms with Gasteiger partial charge in [-0.05, 0) is 30.5 Å². The van der Waals surface area contributed by atoms with Gasteiger partial charge in [-0.1, -0.05) is 30.0 Å². The third kappa shape index (κ3) is 3.79. The molecule has 3 aromatic rings. The van der Waals surface area contributed by atoms with E-state index in [9.17, 15) is 13.2 Å². The van der Waals surface area contributed by atoms with E-state index >= 15 is 0 Å². The van der Waals surface area contributed by atoms with Crippen molar-refractivity contribution in [1.82, 2.24) is 4.98 Å². The van der Waals surface area contributed by atoms with Crippen molar-refractivity contribution < 1.29 is 18.3 Å². The Morgan fingerprint density at radius 1 is 1.34 bits per heavy atom. The molecular formula is C19H19N3O4S3. The monoisotopic (exact) mass is 449 g/mol. The molecule has 10 heteroatoms. The van der Waals surface area contributed by atoms with Gasteiger partial charge in [0, 0.05) is 17.2 Å². The molecule has 29 heavy (non-hydrogen) atoms. The number of para-hydroxylation sites is 1. The number of aliphatic carboxylic acids is 1. The van der Waals surface area contributed by atoms with Crippen molar-refractivity contribution in [3.8, 4) is 0 Å². The minimum absolute atomic E-state index is 0.0613. The number of nitrogens with zero attached hydrogens (tertiary/aromatic N) is 2. The zero-order valence-corrected chi connectivity index (χ0v) is 18.0. The highest BCUT2D eigenvalue weighted by Gasteiger charge is 2.28. The molecule has 3 heterocycles. The maximum Gasteiger partial charge on any atom is 0.304 e. The number of H-pyrrole nitrogens is 1. The largest absolute Gasteiger partial charge is 0.481 e. The van der Waals surface area contributed by atoms with E-state index in [1.807, 2.05) is 18.2 Å². The number of carboxylic acids is 1. The molecule has 0 fully saturated rings. The van der Waals surface area contributed by atoms with E-state index in [1.165, 1.54) is 27.4 Å². The molecule has 2 aromatic heterocycles. The Labute approximate surface area is 176 Å². The maximum atomic E-state index is 13.1. The predicted octanol–water partition coefficient (Wildman–Crippen LogP) is 3.78. The van der Waals surface area contributed by atoms with Crippen LogP contribution in [0.3, 0.4) is 0 Å². The van der Waals surface area contributed by atoms with Gasteiger partial charge in [-0.3, -0.25) is 14.1 Å². The Hall–Kier alpha value is -2.30. The number of hydrogen-bond donors (Lipinski definition) is 2. The van der Waals surface area contributed by atoms with E-state index in [2.05, 4.69) is 9.98 Å². The predicted molar refractivity (Wildman–Crippen MR) is 118 cm³/mol. The molecule has 2 N–H and O–H groups in total. The van der Waals surface area contributed by atoms with Crippen LogP contribution < -0.4 is 4.31 Å². The van der Waals surface area contributed by atoms with Gasteiger partial charge in [0.05, 0.1) is 29.9 Å². The van der Waals surface area contributed by atoms with Gasteiger partial charge >= 0.3 is 5.97 Å². The fourth-order valence-electron chi connectivity index (χ4n) is 3.32. The topological polar surface area (TPSA) is 103 Å². The number of aromatic amines is 1. The highest BCUT2D eigenvalue weighted by molar-refractivity contribution is 8.15. The SMILES string of the molecule is CCN(c1cccc2cc(C3=NCC(CC(=O)O)S3)[nH]c12)S(=O)(=O)c1cccs1. The molecule has 0 aliphatic carbocycles. The van der Waals surface area contributed by atoms with Gasteiger partial charge in [0.15, 0.2) is 0 Å². The first-order chi connectivity index (χ1) is 13.9. The van der Waals surface area contributed by atoms with Crippen LogP contribution in [0.1, 0.15) is 19.0 Å². The molecule has 0 amide bonds. The molecule has 0 bridgehead atoms. The van der Waals surface area contributed by atoms with E-state index in [4.69, 9.17) is 5.11 Å². The van der Waals surface area contributed by atoms with Crippen LogP contribution in [0.15, 0.2) is 51.0 Å². The minimum Gasteiger partial charge on any atom is -0.481 e. The Kier molecular flexibility index (Phi) is 5.41. The van der Waals surface area contributed by atoms with Crippen molar-refractivity contribution in [3.63, 3.8) is 0 Å². The van der Waals surface area contributed by atoms with E-state index in [-0.39, 0.29) is 11.7 Å². The van der Waals surface area contributed by atoms with Crippen molar-refractivity contribution in [3.05, 3.63) is 47.5 Å². The molecule has 4 rings (SSSR count). The van der Waals surface area contributed by atoms with E-state index < -0.39 is 16.0 Å². The number of fused-ring (bicyclic) bond motifs is 1. The molecule has 1 aliphatic rings. The smallest absolute Gasteiger partial charge is 0.304 e. The summed E-state index contributed by atoms with van der Waals surface area (Å²) in [5.41, 5.74) is 2.07. The molecule has 0 saturated heterocycles. The number of nitrogens with one attached hydrogen (secondary N) is 1. The number of thiophene rings is 1. The van der Waals surface area contributed by atoms with Crippen molar-refractivity contribution in [1.29, 1.82) is 0 Å². The number of rotatable bonds is 7. The third-order valence-electron chi connectivity index (χ3n) is 4.58. The zero-order valence-electron chi connectivity index (χ0n) is 15.5. The van der Waals surface area contributed by atoms with Crippen molar-refractivity contribution in [2.24, 2.45) is 4.99 Å². The van der Waals surface area contributed by atoms with E-state index in [0.29, 0.717) is 23.0 Å². The third-order valence-corrected chi connectivity index (χ3v) is 9.06. The van der Waals surface area contributed by atoms with Crippen LogP contribution in [0.5, 0.6) is 0 Å². The van der Waals surface area contributed by atoms with Crippen LogP contribution in [-0.2, 0) is 14.8 Å². The van der Waals surface area contributed by atoms with Crippen LogP contribution in [-0.4, -0.2) is 47.9 Å². The first-order valence-electron chi connectivity index (χ1n) is 9.01. The fraction of sp³-hybridized carbons (Fsp3) is 0.263. The van der Waals surface area contributed by atoms with E-state index in [0.717, 1.165) is 21.6 Å². The molecule has 152 valence electrons. The van der Waals surface area contributed by atoms with Gasteiger partial charge in [0.25, 0.3) is 10.0 Å². The highest BCUT2D eigenvalue weighted by atomic mass is 32.2. The van der Waals surface area contributed by atoms with Crippen molar-refractivity contribution in [2.45, 2.75) is 22.8 Å². The molecule has 0 radical (unpaired) electrons. The summed E-state index contributed by atoms with van der Waals surface area (Å²) < 4.78 is 27.9. The van der Waals surface area contributed by atoms with E-state index in [1.54, 1.807) is 30.5 Å². The molecule has 1 aliphatic heterocycles. The number of carboxylic acid groups (broad SMARTS) is 1. The van der Waals surface area contributed by atoms with Gasteiger partial charge in [0.1, 0.15) is 9.25 Å². The summed E-state index contributed by atoms with van der Waals surface area (Å²) in [5.74, 6) is -0.838. The first-order valence-corrected chi connectivity index (χ1v) is 12.2. The summed E-state index contributed by atoms with van der Waals surface area (Å²) in [6.45, 7) is 2.56. The summed E-state index contributed by atoms with van der Waals surface area (Å²) >= 11 is 2.63. The Morgan fingerprint density at radius 3 is 2.86 bits per heavy atom. The Balaban J connectivity index is 1.71. The number of anilines is 1. The fourth-order valence-corrected chi connectivity index (χ4v) is 6.99. The summed E-state index contributed by atoms with van der Waals surface area (Å²) in [4.78, 5) is 18.7. The number of benzene rings is 1. The lowest BCUT2D eigenvalue weighted by Gasteiger charge is -2.22. The lowest BCUT2D eigenvalue weighted by atomic mass is 10.2. The van der Waals surface area contributed by atoms with Crippen LogP contribution in [0, 0.1) is 0 Å². The van der Waals surface area contributed by atoms with Gasteiger partial charge < -0.3 is 10.1 Å². The summed E-state index contributed by atoms with van der Waals surface area (Å²) in [6.07, 6.45) is 0.0613.